The maximum Gasteiger partial charge on any atom is 0.324 e. The number of likely N-dealkylation sites (N-methyl/N-ethyl adjacent to an activating group) is 2. The van der Waals surface area contributed by atoms with Crippen LogP contribution in [0.4, 0.5) is 0 Å². The second kappa shape index (κ2) is 6.79. The summed E-state index contributed by atoms with van der Waals surface area (Å²) in [7, 11) is 3.77. The molecule has 0 spiro atoms. The van der Waals surface area contributed by atoms with Crippen molar-refractivity contribution in [1.29, 1.82) is 0 Å². The number of carbonyl (C=O) groups excluding carboxylic acids is 1. The number of nitrogens with zero attached hydrogens (tertiary/aromatic N) is 1. The molecule has 4 heteroatoms. The molecule has 0 bridgehead atoms. The number of ether oxygens (including phenoxy) is 1. The van der Waals surface area contributed by atoms with E-state index in [4.69, 9.17) is 4.74 Å². The molecule has 0 radical (unpaired) electrons. The van der Waals surface area contributed by atoms with Crippen LogP contribution in [0.3, 0.4) is 0 Å². The van der Waals surface area contributed by atoms with Crippen molar-refractivity contribution in [3.05, 3.63) is 0 Å². The van der Waals surface area contributed by atoms with Gasteiger partial charge in [-0.3, -0.25) is 4.79 Å². The molecule has 1 atom stereocenters. The van der Waals surface area contributed by atoms with E-state index in [-0.39, 0.29) is 12.0 Å². The Morgan fingerprint density at radius 3 is 2.43 bits per heavy atom. The van der Waals surface area contributed by atoms with Crippen molar-refractivity contribution in [3.8, 4) is 0 Å². The van der Waals surface area contributed by atoms with Crippen molar-refractivity contribution in [3.63, 3.8) is 0 Å². The first-order valence-corrected chi connectivity index (χ1v) is 5.07. The SMILES string of the molecule is CCOC(=O)C(CN(C)C(C)C)NC. The third-order valence-corrected chi connectivity index (χ3v) is 2.27. The monoisotopic (exact) mass is 202 g/mol. The van der Waals surface area contributed by atoms with E-state index >= 15 is 0 Å². The van der Waals surface area contributed by atoms with Crippen molar-refractivity contribution in [2.45, 2.75) is 32.9 Å². The minimum absolute atomic E-state index is 0.178. The molecule has 1 N–H and O–H groups in total. The summed E-state index contributed by atoms with van der Waals surface area (Å²) in [4.78, 5) is 13.5. The quantitative estimate of drug-likeness (QED) is 0.636. The molecule has 4 nitrogen and oxygen atoms in total. The second-order valence-corrected chi connectivity index (χ2v) is 3.63. The summed E-state index contributed by atoms with van der Waals surface area (Å²) in [6.07, 6.45) is 0. The molecule has 0 fully saturated rings. The van der Waals surface area contributed by atoms with Crippen molar-refractivity contribution in [2.24, 2.45) is 0 Å². The fourth-order valence-electron chi connectivity index (χ4n) is 1.03. The Labute approximate surface area is 86.6 Å². The average molecular weight is 202 g/mol. The van der Waals surface area contributed by atoms with E-state index < -0.39 is 0 Å². The van der Waals surface area contributed by atoms with Crippen molar-refractivity contribution in [2.75, 3.05) is 27.2 Å². The van der Waals surface area contributed by atoms with Crippen molar-refractivity contribution >= 4 is 5.97 Å². The zero-order valence-electron chi connectivity index (χ0n) is 9.83. The first kappa shape index (κ1) is 13.4. The smallest absolute Gasteiger partial charge is 0.324 e. The Morgan fingerprint density at radius 2 is 2.07 bits per heavy atom. The highest BCUT2D eigenvalue weighted by Crippen LogP contribution is 1.97. The fourth-order valence-corrected chi connectivity index (χ4v) is 1.03. The summed E-state index contributed by atoms with van der Waals surface area (Å²) >= 11 is 0. The van der Waals surface area contributed by atoms with Crippen LogP contribution in [0.25, 0.3) is 0 Å². The lowest BCUT2D eigenvalue weighted by molar-refractivity contribution is -0.146. The van der Waals surface area contributed by atoms with Crippen LogP contribution in [0.1, 0.15) is 20.8 Å². The second-order valence-electron chi connectivity index (χ2n) is 3.63. The fraction of sp³-hybridized carbons (Fsp3) is 0.900. The Balaban J connectivity index is 4.07. The van der Waals surface area contributed by atoms with Crippen LogP contribution in [-0.4, -0.2) is 50.2 Å². The number of esters is 1. The molecule has 0 amide bonds. The van der Waals surface area contributed by atoms with Crippen LogP contribution in [0, 0.1) is 0 Å². The molecular weight excluding hydrogens is 180 g/mol. The molecule has 84 valence electrons. The Kier molecular flexibility index (Phi) is 6.49. The largest absolute Gasteiger partial charge is 0.465 e. The minimum atomic E-state index is -0.234. The van der Waals surface area contributed by atoms with Gasteiger partial charge in [0.05, 0.1) is 6.61 Å². The molecule has 0 heterocycles. The molecule has 1 unspecified atom stereocenters. The van der Waals surface area contributed by atoms with Gasteiger partial charge in [-0.15, -0.1) is 0 Å². The van der Waals surface area contributed by atoms with Gasteiger partial charge in [0, 0.05) is 12.6 Å². The predicted octanol–water partition coefficient (Wildman–Crippen LogP) is 0.478. The third kappa shape index (κ3) is 4.58. The van der Waals surface area contributed by atoms with Crippen LogP contribution in [-0.2, 0) is 9.53 Å². The summed E-state index contributed by atoms with van der Waals surface area (Å²) in [5, 5.41) is 2.96. The van der Waals surface area contributed by atoms with E-state index in [9.17, 15) is 4.79 Å². The highest BCUT2D eigenvalue weighted by Gasteiger charge is 2.20. The lowest BCUT2D eigenvalue weighted by Gasteiger charge is -2.25. The molecule has 0 saturated heterocycles. The maximum absolute atomic E-state index is 11.4. The number of nitrogens with one attached hydrogen (secondary N) is 1. The number of carbonyl (C=O) groups is 1. The number of hydrogen-bond donors (Lipinski definition) is 1. The first-order valence-electron chi connectivity index (χ1n) is 5.07. The molecule has 0 aromatic carbocycles. The topological polar surface area (TPSA) is 41.6 Å². The lowest BCUT2D eigenvalue weighted by atomic mass is 10.2. The normalized spacial score (nSPS) is 13.4. The van der Waals surface area contributed by atoms with Gasteiger partial charge in [-0.05, 0) is 34.9 Å². The standard InChI is InChI=1S/C10H22N2O2/c1-6-14-10(13)9(11-4)7-12(5)8(2)3/h8-9,11H,6-7H2,1-5H3. The van der Waals surface area contributed by atoms with E-state index in [0.717, 1.165) is 0 Å². The van der Waals surface area contributed by atoms with E-state index in [1.165, 1.54) is 0 Å². The lowest BCUT2D eigenvalue weighted by Crippen LogP contribution is -2.46. The maximum atomic E-state index is 11.4. The highest BCUT2D eigenvalue weighted by molar-refractivity contribution is 5.76. The van der Waals surface area contributed by atoms with Gasteiger partial charge >= 0.3 is 5.97 Å². The zero-order valence-corrected chi connectivity index (χ0v) is 9.83. The average Bonchev–Trinajstić information content (AvgIpc) is 2.13. The summed E-state index contributed by atoms with van der Waals surface area (Å²) in [5.74, 6) is -0.178. The van der Waals surface area contributed by atoms with Gasteiger partial charge in [-0.1, -0.05) is 0 Å². The van der Waals surface area contributed by atoms with Crippen LogP contribution in [0.2, 0.25) is 0 Å². The summed E-state index contributed by atoms with van der Waals surface area (Å²) in [6.45, 7) is 7.11. The van der Waals surface area contributed by atoms with Crippen molar-refractivity contribution in [1.82, 2.24) is 10.2 Å². The predicted molar refractivity (Wildman–Crippen MR) is 57.2 cm³/mol. The molecule has 0 aliphatic heterocycles. The van der Waals surface area contributed by atoms with Gasteiger partial charge in [-0.25, -0.2) is 0 Å². The Hall–Kier alpha value is -0.610. The molecule has 14 heavy (non-hydrogen) atoms. The minimum Gasteiger partial charge on any atom is -0.465 e. The number of rotatable bonds is 6. The van der Waals surface area contributed by atoms with Gasteiger partial charge in [0.2, 0.25) is 0 Å². The molecule has 0 aromatic rings. The Morgan fingerprint density at radius 1 is 1.50 bits per heavy atom. The van der Waals surface area contributed by atoms with Gasteiger partial charge in [0.1, 0.15) is 6.04 Å². The summed E-state index contributed by atoms with van der Waals surface area (Å²) < 4.78 is 4.95. The summed E-state index contributed by atoms with van der Waals surface area (Å²) in [5.41, 5.74) is 0. The first-order chi connectivity index (χ1) is 6.52. The molecule has 0 aliphatic carbocycles. The van der Waals surface area contributed by atoms with Gasteiger partial charge in [0.25, 0.3) is 0 Å². The zero-order chi connectivity index (χ0) is 11.1. The van der Waals surface area contributed by atoms with E-state index in [1.807, 2.05) is 14.0 Å². The van der Waals surface area contributed by atoms with Crippen LogP contribution >= 0.6 is 0 Å². The molecule has 0 aromatic heterocycles. The Bertz CT molecular complexity index is 172. The molecular formula is C10H22N2O2. The highest BCUT2D eigenvalue weighted by atomic mass is 16.5. The molecule has 0 aliphatic rings. The van der Waals surface area contributed by atoms with Gasteiger partial charge < -0.3 is 15.0 Å². The molecule has 0 rings (SSSR count). The van der Waals surface area contributed by atoms with E-state index in [1.54, 1.807) is 7.05 Å². The van der Waals surface area contributed by atoms with Crippen molar-refractivity contribution < 1.29 is 9.53 Å². The van der Waals surface area contributed by atoms with Gasteiger partial charge in [-0.2, -0.15) is 0 Å². The molecule has 0 saturated carbocycles. The number of hydrogen-bond acceptors (Lipinski definition) is 4. The van der Waals surface area contributed by atoms with E-state index in [2.05, 4.69) is 24.1 Å². The van der Waals surface area contributed by atoms with Crippen LogP contribution in [0.15, 0.2) is 0 Å². The summed E-state index contributed by atoms with van der Waals surface area (Å²) in [6, 6.07) is 0.197. The van der Waals surface area contributed by atoms with Gasteiger partial charge in [0.15, 0.2) is 0 Å². The van der Waals surface area contributed by atoms with E-state index in [0.29, 0.717) is 19.2 Å². The third-order valence-electron chi connectivity index (χ3n) is 2.27. The van der Waals surface area contributed by atoms with Crippen LogP contribution in [0.5, 0.6) is 0 Å². The van der Waals surface area contributed by atoms with Crippen LogP contribution < -0.4 is 5.32 Å².